The van der Waals surface area contributed by atoms with Crippen molar-refractivity contribution in [2.24, 2.45) is 0 Å². The highest BCUT2D eigenvalue weighted by Gasteiger charge is 2.24. The van der Waals surface area contributed by atoms with Gasteiger partial charge in [0.1, 0.15) is 0 Å². The average molecular weight is 231 g/mol. The first-order valence-corrected chi connectivity index (χ1v) is 5.97. The van der Waals surface area contributed by atoms with Crippen LogP contribution in [0.2, 0.25) is 0 Å². The highest BCUT2D eigenvalue weighted by atomic mass is 35.5. The maximum absolute atomic E-state index is 5.83. The van der Waals surface area contributed by atoms with Crippen molar-refractivity contribution in [1.29, 1.82) is 0 Å². The van der Waals surface area contributed by atoms with Crippen LogP contribution in [-0.2, 0) is 5.41 Å². The summed E-state index contributed by atoms with van der Waals surface area (Å²) in [5.41, 5.74) is 1.46. The molecule has 0 bridgehead atoms. The van der Waals surface area contributed by atoms with Crippen molar-refractivity contribution in [3.8, 4) is 0 Å². The summed E-state index contributed by atoms with van der Waals surface area (Å²) < 4.78 is 0. The molecule has 0 radical (unpaired) electrons. The van der Waals surface area contributed by atoms with Gasteiger partial charge in [0.15, 0.2) is 0 Å². The minimum atomic E-state index is 0.130. The molecule has 0 N–H and O–H groups in total. The van der Waals surface area contributed by atoms with E-state index >= 15 is 0 Å². The molecule has 0 aliphatic heterocycles. The Labute approximate surface area is 96.2 Å². The van der Waals surface area contributed by atoms with Crippen LogP contribution in [0.4, 0.5) is 0 Å². The molecule has 0 atom stereocenters. The maximum atomic E-state index is 5.83. The second-order valence-corrected chi connectivity index (χ2v) is 4.56. The Morgan fingerprint density at radius 2 is 1.50 bits per heavy atom. The predicted octanol–water partition coefficient (Wildman–Crippen LogP) is 4.20. The molecule has 0 aliphatic rings. The summed E-state index contributed by atoms with van der Waals surface area (Å²) in [5, 5.41) is 0. The van der Waals surface area contributed by atoms with E-state index < -0.39 is 0 Å². The molecule has 0 saturated carbocycles. The van der Waals surface area contributed by atoms with E-state index in [0.29, 0.717) is 11.8 Å². The van der Waals surface area contributed by atoms with Crippen LogP contribution in [-0.4, -0.2) is 11.8 Å². The molecule has 1 aromatic carbocycles. The zero-order valence-electron chi connectivity index (χ0n) is 8.47. The Bertz CT molecular complexity index is 250. The van der Waals surface area contributed by atoms with E-state index in [1.165, 1.54) is 5.56 Å². The number of hydrogen-bond donors (Lipinski definition) is 0. The highest BCUT2D eigenvalue weighted by molar-refractivity contribution is 6.18. The fourth-order valence-electron chi connectivity index (χ4n) is 1.67. The van der Waals surface area contributed by atoms with Gasteiger partial charge in [0.05, 0.1) is 0 Å². The first kappa shape index (κ1) is 11.9. The van der Waals surface area contributed by atoms with Crippen LogP contribution in [0, 0.1) is 0 Å². The van der Waals surface area contributed by atoms with E-state index in [1.807, 2.05) is 6.07 Å². The Morgan fingerprint density at radius 1 is 1.00 bits per heavy atom. The van der Waals surface area contributed by atoms with E-state index in [9.17, 15) is 0 Å². The minimum absolute atomic E-state index is 0.130. The molecule has 0 spiro atoms. The fraction of sp³-hybridized carbons (Fsp3) is 0.500. The molecule has 0 unspecified atom stereocenters. The third-order valence-corrected chi connectivity index (χ3v) is 3.14. The summed E-state index contributed by atoms with van der Waals surface area (Å²) in [6.45, 7) is 2.23. The monoisotopic (exact) mass is 230 g/mol. The number of benzene rings is 1. The Hall–Kier alpha value is -0.200. The van der Waals surface area contributed by atoms with Gasteiger partial charge in [-0.2, -0.15) is 0 Å². The predicted molar refractivity (Wildman–Crippen MR) is 64.5 cm³/mol. The van der Waals surface area contributed by atoms with Gasteiger partial charge in [-0.25, -0.2) is 0 Å². The first-order valence-electron chi connectivity index (χ1n) is 4.90. The van der Waals surface area contributed by atoms with Crippen LogP contribution < -0.4 is 0 Å². The normalized spacial score (nSPS) is 11.6. The van der Waals surface area contributed by atoms with Crippen molar-refractivity contribution in [2.75, 3.05) is 11.8 Å². The number of halogens is 2. The van der Waals surface area contributed by atoms with Crippen LogP contribution in [0.25, 0.3) is 0 Å². The molecular weight excluding hydrogens is 215 g/mol. The summed E-state index contributed by atoms with van der Waals surface area (Å²) in [6.07, 6.45) is 1.95. The molecule has 1 aromatic rings. The molecule has 2 heteroatoms. The van der Waals surface area contributed by atoms with Crippen LogP contribution >= 0.6 is 23.2 Å². The molecule has 78 valence electrons. The molecule has 0 fully saturated rings. The molecule has 0 heterocycles. The van der Waals surface area contributed by atoms with Crippen LogP contribution in [0.1, 0.15) is 25.3 Å². The summed E-state index contributed by atoms with van der Waals surface area (Å²) >= 11 is 11.7. The van der Waals surface area contributed by atoms with Gasteiger partial charge in [0.2, 0.25) is 0 Å². The first-order chi connectivity index (χ1) is 6.73. The van der Waals surface area contributed by atoms with E-state index in [-0.39, 0.29) is 5.41 Å². The lowest BCUT2D eigenvalue weighted by Gasteiger charge is -2.28. The third-order valence-electron chi connectivity index (χ3n) is 2.76. The molecule has 0 amide bonds. The van der Waals surface area contributed by atoms with Crippen molar-refractivity contribution in [2.45, 2.75) is 25.2 Å². The van der Waals surface area contributed by atoms with Gasteiger partial charge in [-0.15, -0.1) is 23.2 Å². The number of hydrogen-bond acceptors (Lipinski definition) is 0. The van der Waals surface area contributed by atoms with Crippen molar-refractivity contribution in [1.82, 2.24) is 0 Å². The van der Waals surface area contributed by atoms with E-state index in [1.54, 1.807) is 0 Å². The Balaban J connectivity index is 2.87. The zero-order chi connectivity index (χ0) is 10.4. The molecule has 0 aromatic heterocycles. The highest BCUT2D eigenvalue weighted by Crippen LogP contribution is 2.31. The minimum Gasteiger partial charge on any atom is -0.127 e. The van der Waals surface area contributed by atoms with Crippen LogP contribution in [0.3, 0.4) is 0 Å². The topological polar surface area (TPSA) is 0 Å². The summed E-state index contributed by atoms with van der Waals surface area (Å²) in [6, 6.07) is 10.5. The van der Waals surface area contributed by atoms with Gasteiger partial charge in [-0.1, -0.05) is 37.3 Å². The van der Waals surface area contributed by atoms with Crippen molar-refractivity contribution in [3.05, 3.63) is 35.9 Å². The average Bonchev–Trinajstić information content (AvgIpc) is 2.20. The SMILES string of the molecule is CC(CCCl)(CCCl)c1ccccc1. The molecule has 0 saturated heterocycles. The lowest BCUT2D eigenvalue weighted by atomic mass is 9.78. The summed E-state index contributed by atoms with van der Waals surface area (Å²) in [7, 11) is 0. The Kier molecular flexibility index (Phi) is 4.77. The fourth-order valence-corrected chi connectivity index (χ4v) is 2.51. The second kappa shape index (κ2) is 5.63. The van der Waals surface area contributed by atoms with Crippen molar-refractivity contribution in [3.63, 3.8) is 0 Å². The zero-order valence-corrected chi connectivity index (χ0v) is 9.98. The van der Waals surface area contributed by atoms with Gasteiger partial charge in [0, 0.05) is 11.8 Å². The lowest BCUT2D eigenvalue weighted by molar-refractivity contribution is 0.444. The molecule has 14 heavy (non-hydrogen) atoms. The quantitative estimate of drug-likeness (QED) is 0.666. The summed E-state index contributed by atoms with van der Waals surface area (Å²) in [4.78, 5) is 0. The van der Waals surface area contributed by atoms with Gasteiger partial charge in [-0.3, -0.25) is 0 Å². The van der Waals surface area contributed by atoms with Crippen LogP contribution in [0.5, 0.6) is 0 Å². The largest absolute Gasteiger partial charge is 0.127 e. The van der Waals surface area contributed by atoms with E-state index in [4.69, 9.17) is 23.2 Å². The van der Waals surface area contributed by atoms with Gasteiger partial charge >= 0.3 is 0 Å². The number of rotatable bonds is 5. The maximum Gasteiger partial charge on any atom is 0.0231 e. The van der Waals surface area contributed by atoms with E-state index in [0.717, 1.165) is 12.8 Å². The second-order valence-electron chi connectivity index (χ2n) is 3.80. The molecule has 1 rings (SSSR count). The molecule has 0 aliphatic carbocycles. The van der Waals surface area contributed by atoms with Gasteiger partial charge in [0.25, 0.3) is 0 Å². The van der Waals surface area contributed by atoms with E-state index in [2.05, 4.69) is 31.2 Å². The summed E-state index contributed by atoms with van der Waals surface area (Å²) in [5.74, 6) is 1.37. The van der Waals surface area contributed by atoms with Gasteiger partial charge in [-0.05, 0) is 23.8 Å². The van der Waals surface area contributed by atoms with Crippen molar-refractivity contribution >= 4 is 23.2 Å². The number of alkyl halides is 2. The smallest absolute Gasteiger partial charge is 0.0231 e. The standard InChI is InChI=1S/C12H16Cl2/c1-12(7-9-13,8-10-14)11-5-3-2-4-6-11/h2-6H,7-10H2,1H3. The van der Waals surface area contributed by atoms with Crippen LogP contribution in [0.15, 0.2) is 30.3 Å². The lowest BCUT2D eigenvalue weighted by Crippen LogP contribution is -2.23. The third kappa shape index (κ3) is 2.90. The molecular formula is C12H16Cl2. The molecule has 0 nitrogen and oxygen atoms in total. The van der Waals surface area contributed by atoms with Crippen molar-refractivity contribution < 1.29 is 0 Å². The van der Waals surface area contributed by atoms with Gasteiger partial charge < -0.3 is 0 Å². The Morgan fingerprint density at radius 3 is 1.93 bits per heavy atom.